The molecule has 1 spiro atoms. The number of likely N-dealkylation sites (N-methyl/N-ethyl adjacent to an activating group) is 1. The maximum absolute atomic E-state index is 13.1. The van der Waals surface area contributed by atoms with Gasteiger partial charge in [-0.15, -0.1) is 0 Å². The second-order valence-electron chi connectivity index (χ2n) is 9.40. The summed E-state index contributed by atoms with van der Waals surface area (Å²) in [6.07, 6.45) is 0.692. The van der Waals surface area contributed by atoms with Crippen LogP contribution < -0.4 is 0 Å². The smallest absolute Gasteiger partial charge is 0.475 e. The molecule has 3 fully saturated rings. The molecule has 0 bridgehead atoms. The van der Waals surface area contributed by atoms with Crippen molar-refractivity contribution in [2.24, 2.45) is 5.92 Å². The van der Waals surface area contributed by atoms with Crippen molar-refractivity contribution in [2.45, 2.75) is 57.3 Å². The first-order valence-corrected chi connectivity index (χ1v) is 11.7. The summed E-state index contributed by atoms with van der Waals surface area (Å²) in [6, 6.07) is 9.03. The quantitative estimate of drug-likeness (QED) is 0.716. The molecule has 4 rings (SSSR count). The molecule has 2 heterocycles. The van der Waals surface area contributed by atoms with E-state index in [0.29, 0.717) is 5.91 Å². The molecule has 1 N–H and O–H groups in total. The molecule has 1 aliphatic carbocycles. The number of halogens is 3. The Morgan fingerprint density at radius 1 is 1.06 bits per heavy atom. The summed E-state index contributed by atoms with van der Waals surface area (Å²) >= 11 is 0. The zero-order chi connectivity index (χ0) is 24.2. The average Bonchev–Trinajstić information content (AvgIpc) is 3.60. The lowest BCUT2D eigenvalue weighted by Crippen LogP contribution is -2.68. The highest BCUT2D eigenvalue weighted by Crippen LogP contribution is 2.38. The maximum Gasteiger partial charge on any atom is 0.490 e. The molecule has 0 unspecified atom stereocenters. The Morgan fingerprint density at radius 3 is 2.09 bits per heavy atom. The van der Waals surface area contributed by atoms with Crippen LogP contribution in [0, 0.1) is 5.92 Å². The van der Waals surface area contributed by atoms with Crippen molar-refractivity contribution in [3.05, 3.63) is 35.4 Å². The molecule has 1 aromatic rings. The van der Waals surface area contributed by atoms with Crippen LogP contribution in [0.1, 0.15) is 43.7 Å². The van der Waals surface area contributed by atoms with Gasteiger partial charge in [-0.25, -0.2) is 4.79 Å². The van der Waals surface area contributed by atoms with Crippen LogP contribution in [0.15, 0.2) is 24.3 Å². The number of carboxylic acids is 1. The van der Waals surface area contributed by atoms with Gasteiger partial charge in [-0.3, -0.25) is 14.6 Å². The van der Waals surface area contributed by atoms with Crippen LogP contribution in [0.3, 0.4) is 0 Å². The van der Waals surface area contributed by atoms with Crippen LogP contribution in [0.4, 0.5) is 13.2 Å². The first-order valence-electron chi connectivity index (χ1n) is 11.7. The normalized spacial score (nSPS) is 21.6. The van der Waals surface area contributed by atoms with E-state index in [9.17, 15) is 18.0 Å². The van der Waals surface area contributed by atoms with Crippen molar-refractivity contribution < 1.29 is 27.9 Å². The second kappa shape index (κ2) is 10.4. The Balaban J connectivity index is 0.000000383. The van der Waals surface area contributed by atoms with Gasteiger partial charge in [-0.2, -0.15) is 13.2 Å². The molecule has 1 aromatic carbocycles. The molecule has 1 amide bonds. The van der Waals surface area contributed by atoms with Crippen LogP contribution >= 0.6 is 0 Å². The molecule has 2 saturated heterocycles. The number of piperidine rings is 1. The molecule has 33 heavy (non-hydrogen) atoms. The van der Waals surface area contributed by atoms with E-state index in [1.807, 2.05) is 11.9 Å². The van der Waals surface area contributed by atoms with Gasteiger partial charge in [0.2, 0.25) is 5.91 Å². The monoisotopic (exact) mass is 469 g/mol. The van der Waals surface area contributed by atoms with E-state index in [1.165, 1.54) is 24.0 Å². The van der Waals surface area contributed by atoms with Crippen molar-refractivity contribution in [3.8, 4) is 0 Å². The highest BCUT2D eigenvalue weighted by Gasteiger charge is 2.50. The number of hydrogen-bond donors (Lipinski definition) is 1. The highest BCUT2D eigenvalue weighted by molar-refractivity contribution is 5.87. The van der Waals surface area contributed by atoms with Gasteiger partial charge in [0.05, 0.1) is 0 Å². The number of aryl methyl sites for hydroxylation is 1. The molecule has 0 atom stereocenters. The Hall–Kier alpha value is -2.13. The summed E-state index contributed by atoms with van der Waals surface area (Å²) in [6.45, 7) is 8.33. The zero-order valence-electron chi connectivity index (χ0n) is 19.4. The maximum atomic E-state index is 13.1. The number of alkyl halides is 3. The summed E-state index contributed by atoms with van der Waals surface area (Å²) in [4.78, 5) is 29.1. The third-order valence-corrected chi connectivity index (χ3v) is 6.99. The lowest BCUT2D eigenvalue weighted by Gasteiger charge is -2.52. The Kier molecular flexibility index (Phi) is 8.05. The van der Waals surface area contributed by atoms with Crippen molar-refractivity contribution in [3.63, 3.8) is 0 Å². The number of carbonyl (C=O) groups excluding carboxylic acids is 1. The molecule has 9 heteroatoms. The molecule has 6 nitrogen and oxygen atoms in total. The van der Waals surface area contributed by atoms with Gasteiger partial charge in [0, 0.05) is 46.3 Å². The van der Waals surface area contributed by atoms with E-state index in [2.05, 4.69) is 41.0 Å². The predicted molar refractivity (Wildman–Crippen MR) is 119 cm³/mol. The van der Waals surface area contributed by atoms with E-state index in [4.69, 9.17) is 9.90 Å². The first kappa shape index (κ1) is 25.5. The number of amides is 1. The number of piperazine rings is 1. The molecule has 184 valence electrons. The fourth-order valence-corrected chi connectivity index (χ4v) is 4.70. The van der Waals surface area contributed by atoms with Crippen molar-refractivity contribution >= 4 is 11.9 Å². The first-order chi connectivity index (χ1) is 15.5. The van der Waals surface area contributed by atoms with Crippen molar-refractivity contribution in [2.75, 3.05) is 39.8 Å². The minimum absolute atomic E-state index is 0.224. The van der Waals surface area contributed by atoms with E-state index in [0.717, 1.165) is 64.4 Å². The number of benzene rings is 1. The van der Waals surface area contributed by atoms with Gasteiger partial charge in [-0.1, -0.05) is 31.2 Å². The molecular formula is C24H34F3N3O3. The fourth-order valence-electron chi connectivity index (χ4n) is 4.70. The third kappa shape index (κ3) is 6.47. The fraction of sp³-hybridized carbons (Fsp3) is 0.667. The summed E-state index contributed by atoms with van der Waals surface area (Å²) < 4.78 is 31.7. The molecule has 3 aliphatic rings. The Morgan fingerprint density at radius 2 is 1.61 bits per heavy atom. The highest BCUT2D eigenvalue weighted by atomic mass is 19.4. The molecular weight excluding hydrogens is 435 g/mol. The van der Waals surface area contributed by atoms with Gasteiger partial charge in [0.25, 0.3) is 0 Å². The van der Waals surface area contributed by atoms with E-state index in [1.54, 1.807) is 0 Å². The minimum Gasteiger partial charge on any atom is -0.475 e. The van der Waals surface area contributed by atoms with Crippen LogP contribution in [0.2, 0.25) is 0 Å². The van der Waals surface area contributed by atoms with Gasteiger partial charge in [0.1, 0.15) is 5.54 Å². The lowest BCUT2D eigenvalue weighted by molar-refractivity contribution is -0.192. The third-order valence-electron chi connectivity index (χ3n) is 6.99. The molecule has 1 saturated carbocycles. The van der Waals surface area contributed by atoms with E-state index in [-0.39, 0.29) is 5.54 Å². The van der Waals surface area contributed by atoms with Crippen LogP contribution in [-0.4, -0.2) is 83.2 Å². The number of hydrogen-bond acceptors (Lipinski definition) is 4. The summed E-state index contributed by atoms with van der Waals surface area (Å²) in [5.74, 6) is -1.54. The summed E-state index contributed by atoms with van der Waals surface area (Å²) in [7, 11) is 1.99. The lowest BCUT2D eigenvalue weighted by atomic mass is 9.82. The van der Waals surface area contributed by atoms with Crippen LogP contribution in [0.25, 0.3) is 0 Å². The number of rotatable bonds is 5. The molecule has 2 aliphatic heterocycles. The van der Waals surface area contributed by atoms with Gasteiger partial charge >= 0.3 is 12.1 Å². The van der Waals surface area contributed by atoms with Crippen molar-refractivity contribution in [1.29, 1.82) is 0 Å². The van der Waals surface area contributed by atoms with E-state index < -0.39 is 12.1 Å². The standard InChI is InChI=1S/C22H33N3O.C2HF3O2/c1-3-18-4-6-19(7-5-18)16-24-12-10-22(11-13-24)21(26)23(2)14-15-25(22)17-20-8-9-20;3-2(4,5)1(6)7/h4-7,20H,3,8-17H2,1-2H3;(H,6,7). The number of aliphatic carboxylic acids is 1. The Labute approximate surface area is 193 Å². The van der Waals surface area contributed by atoms with Crippen LogP contribution in [-0.2, 0) is 22.6 Å². The SMILES string of the molecule is CCc1ccc(CN2CCC3(CC2)C(=O)N(C)CCN3CC2CC2)cc1.O=C(O)C(F)(F)F. The van der Waals surface area contributed by atoms with Crippen molar-refractivity contribution in [1.82, 2.24) is 14.7 Å². The zero-order valence-corrected chi connectivity index (χ0v) is 19.4. The van der Waals surface area contributed by atoms with Gasteiger partial charge in [-0.05, 0) is 49.1 Å². The summed E-state index contributed by atoms with van der Waals surface area (Å²) in [5.41, 5.74) is 2.57. The number of likely N-dealkylation sites (tertiary alicyclic amines) is 1. The number of nitrogens with zero attached hydrogens (tertiary/aromatic N) is 3. The topological polar surface area (TPSA) is 64.1 Å². The second-order valence-corrected chi connectivity index (χ2v) is 9.40. The Bertz CT molecular complexity index is 816. The van der Waals surface area contributed by atoms with Crippen LogP contribution in [0.5, 0.6) is 0 Å². The minimum atomic E-state index is -5.08. The number of carboxylic acid groups (broad SMARTS) is 1. The largest absolute Gasteiger partial charge is 0.490 e. The summed E-state index contributed by atoms with van der Waals surface area (Å²) in [5, 5.41) is 7.12. The number of carbonyl (C=O) groups is 2. The van der Waals surface area contributed by atoms with Gasteiger partial charge < -0.3 is 10.0 Å². The predicted octanol–water partition coefficient (Wildman–Crippen LogP) is 3.40. The van der Waals surface area contributed by atoms with Gasteiger partial charge in [0.15, 0.2) is 0 Å². The average molecular weight is 470 g/mol. The molecule has 0 radical (unpaired) electrons. The van der Waals surface area contributed by atoms with E-state index >= 15 is 0 Å². The molecule has 0 aromatic heterocycles.